The van der Waals surface area contributed by atoms with Crippen LogP contribution in [-0.4, -0.2) is 25.0 Å². The van der Waals surface area contributed by atoms with Crippen LogP contribution in [0.2, 0.25) is 0 Å². The number of ether oxygens (including phenoxy) is 1. The number of benzene rings is 2. The van der Waals surface area contributed by atoms with Gasteiger partial charge in [-0.15, -0.1) is 0 Å². The van der Waals surface area contributed by atoms with Gasteiger partial charge >= 0.3 is 5.97 Å². The van der Waals surface area contributed by atoms with Crippen molar-refractivity contribution >= 4 is 22.6 Å². The highest BCUT2D eigenvalue weighted by atomic mass is 16.5. The highest BCUT2D eigenvalue weighted by molar-refractivity contribution is 6.00. The van der Waals surface area contributed by atoms with Crippen LogP contribution in [0, 0.1) is 5.92 Å². The number of hydrogen-bond donors (Lipinski definition) is 1. The topological polar surface area (TPSA) is 55.4 Å². The van der Waals surface area contributed by atoms with E-state index in [4.69, 9.17) is 4.74 Å². The Morgan fingerprint density at radius 1 is 1.14 bits per heavy atom. The Labute approximate surface area is 130 Å². The summed E-state index contributed by atoms with van der Waals surface area (Å²) in [7, 11) is 1.33. The quantitative estimate of drug-likeness (QED) is 0.863. The maximum absolute atomic E-state index is 12.4. The third kappa shape index (κ3) is 3.45. The molecule has 0 fully saturated rings. The second-order valence-electron chi connectivity index (χ2n) is 5.42. The summed E-state index contributed by atoms with van der Waals surface area (Å²) in [6.07, 6.45) is 0.776. The molecule has 0 aliphatic carbocycles. The van der Waals surface area contributed by atoms with E-state index < -0.39 is 12.0 Å². The van der Waals surface area contributed by atoms with Crippen molar-refractivity contribution in [2.24, 2.45) is 5.92 Å². The van der Waals surface area contributed by atoms with Gasteiger partial charge in [0, 0.05) is 5.56 Å². The van der Waals surface area contributed by atoms with E-state index in [1.807, 2.05) is 50.2 Å². The van der Waals surface area contributed by atoms with Crippen LogP contribution in [0.3, 0.4) is 0 Å². The molecule has 0 aromatic heterocycles. The van der Waals surface area contributed by atoms with Gasteiger partial charge in [-0.2, -0.15) is 0 Å². The molecule has 0 saturated carbocycles. The first-order valence-electron chi connectivity index (χ1n) is 7.44. The van der Waals surface area contributed by atoms with Crippen molar-refractivity contribution in [2.45, 2.75) is 26.3 Å². The van der Waals surface area contributed by atoms with Crippen molar-refractivity contribution in [2.75, 3.05) is 7.11 Å². The molecule has 0 bridgehead atoms. The molecule has 2 atom stereocenters. The summed E-state index contributed by atoms with van der Waals surface area (Å²) in [5.74, 6) is -0.665. The number of carbonyl (C=O) groups is 2. The summed E-state index contributed by atoms with van der Waals surface area (Å²) < 4.78 is 4.79. The number of carbonyl (C=O) groups excluding carboxylic acids is 2. The maximum Gasteiger partial charge on any atom is 0.328 e. The number of nitrogens with one attached hydrogen (secondary N) is 1. The molecule has 0 radical (unpaired) electrons. The lowest BCUT2D eigenvalue weighted by molar-refractivity contribution is -0.144. The Bertz CT molecular complexity index is 681. The molecule has 0 aliphatic heterocycles. The van der Waals surface area contributed by atoms with Gasteiger partial charge in [0.05, 0.1) is 7.11 Å². The van der Waals surface area contributed by atoms with Gasteiger partial charge in [-0.05, 0) is 28.8 Å². The van der Waals surface area contributed by atoms with Crippen LogP contribution in [0.25, 0.3) is 10.8 Å². The fraction of sp³-hybridized carbons (Fsp3) is 0.333. The van der Waals surface area contributed by atoms with Crippen LogP contribution in [0.5, 0.6) is 0 Å². The fourth-order valence-corrected chi connectivity index (χ4v) is 2.35. The minimum absolute atomic E-state index is 0.0110. The molecule has 4 nitrogen and oxygen atoms in total. The van der Waals surface area contributed by atoms with E-state index in [1.54, 1.807) is 6.07 Å². The SMILES string of the molecule is CC[C@@H](C)[C@@H](NC(=O)c1ccc2ccccc2c1)C(=O)OC. The van der Waals surface area contributed by atoms with E-state index >= 15 is 0 Å². The first-order valence-corrected chi connectivity index (χ1v) is 7.44. The monoisotopic (exact) mass is 299 g/mol. The summed E-state index contributed by atoms with van der Waals surface area (Å²) in [5, 5.41) is 4.85. The standard InChI is InChI=1S/C18H21NO3/c1-4-12(2)16(18(21)22-3)19-17(20)15-10-9-13-7-5-6-8-14(13)11-15/h5-12,16H,4H2,1-3H3,(H,19,20)/t12-,16-/m1/s1. The molecule has 0 unspecified atom stereocenters. The Morgan fingerprint density at radius 2 is 1.82 bits per heavy atom. The normalized spacial score (nSPS) is 13.4. The average molecular weight is 299 g/mol. The molecule has 22 heavy (non-hydrogen) atoms. The van der Waals surface area contributed by atoms with Crippen LogP contribution in [-0.2, 0) is 9.53 Å². The van der Waals surface area contributed by atoms with Gasteiger partial charge in [0.1, 0.15) is 6.04 Å². The number of fused-ring (bicyclic) bond motifs is 1. The van der Waals surface area contributed by atoms with Crippen LogP contribution in [0.4, 0.5) is 0 Å². The predicted octanol–water partition coefficient (Wildman–Crippen LogP) is 3.16. The second-order valence-corrected chi connectivity index (χ2v) is 5.42. The lowest BCUT2D eigenvalue weighted by atomic mass is 9.98. The highest BCUT2D eigenvalue weighted by Gasteiger charge is 2.27. The van der Waals surface area contributed by atoms with Gasteiger partial charge in [-0.1, -0.05) is 50.6 Å². The van der Waals surface area contributed by atoms with E-state index in [1.165, 1.54) is 7.11 Å². The predicted molar refractivity (Wildman–Crippen MR) is 86.7 cm³/mol. The van der Waals surface area contributed by atoms with E-state index in [0.29, 0.717) is 5.56 Å². The van der Waals surface area contributed by atoms with E-state index in [-0.39, 0.29) is 11.8 Å². The molecular formula is C18H21NO3. The molecule has 4 heteroatoms. The Hall–Kier alpha value is -2.36. The van der Waals surface area contributed by atoms with Crippen LogP contribution in [0.1, 0.15) is 30.6 Å². The maximum atomic E-state index is 12.4. The zero-order valence-electron chi connectivity index (χ0n) is 13.1. The molecule has 116 valence electrons. The minimum Gasteiger partial charge on any atom is -0.467 e. The first-order chi connectivity index (χ1) is 10.6. The van der Waals surface area contributed by atoms with Crippen molar-refractivity contribution in [3.05, 3.63) is 48.0 Å². The molecule has 0 heterocycles. The van der Waals surface area contributed by atoms with Crippen LogP contribution in [0.15, 0.2) is 42.5 Å². The highest BCUT2D eigenvalue weighted by Crippen LogP contribution is 2.16. The third-order valence-corrected chi connectivity index (χ3v) is 3.97. The number of amides is 1. The fourth-order valence-electron chi connectivity index (χ4n) is 2.35. The summed E-state index contributed by atoms with van der Waals surface area (Å²) in [6.45, 7) is 3.89. The average Bonchev–Trinajstić information content (AvgIpc) is 2.57. The van der Waals surface area contributed by atoms with Gasteiger partial charge in [-0.3, -0.25) is 4.79 Å². The second kappa shape index (κ2) is 7.07. The van der Waals surface area contributed by atoms with Crippen LogP contribution >= 0.6 is 0 Å². The van der Waals surface area contributed by atoms with E-state index in [2.05, 4.69) is 5.32 Å². The van der Waals surface area contributed by atoms with E-state index in [9.17, 15) is 9.59 Å². The van der Waals surface area contributed by atoms with Gasteiger partial charge in [-0.25, -0.2) is 4.79 Å². The summed E-state index contributed by atoms with van der Waals surface area (Å²) >= 11 is 0. The van der Waals surface area contributed by atoms with Crippen molar-refractivity contribution in [1.29, 1.82) is 0 Å². The lowest BCUT2D eigenvalue weighted by Crippen LogP contribution is -2.45. The van der Waals surface area contributed by atoms with Crippen LogP contribution < -0.4 is 5.32 Å². The number of hydrogen-bond acceptors (Lipinski definition) is 3. The van der Waals surface area contributed by atoms with Gasteiger partial charge < -0.3 is 10.1 Å². The van der Waals surface area contributed by atoms with Gasteiger partial charge in [0.15, 0.2) is 0 Å². The lowest BCUT2D eigenvalue weighted by Gasteiger charge is -2.21. The summed E-state index contributed by atoms with van der Waals surface area (Å²) in [5.41, 5.74) is 0.538. The molecule has 0 spiro atoms. The Morgan fingerprint density at radius 3 is 2.45 bits per heavy atom. The number of rotatable bonds is 5. The number of esters is 1. The van der Waals surface area contributed by atoms with Gasteiger partial charge in [0.25, 0.3) is 5.91 Å². The number of methoxy groups -OCH3 is 1. The molecule has 2 aromatic carbocycles. The molecule has 1 amide bonds. The van der Waals surface area contributed by atoms with Crippen molar-refractivity contribution in [1.82, 2.24) is 5.32 Å². The summed E-state index contributed by atoms with van der Waals surface area (Å²) in [4.78, 5) is 24.3. The molecular weight excluding hydrogens is 278 g/mol. The Balaban J connectivity index is 2.22. The van der Waals surface area contributed by atoms with Crippen molar-refractivity contribution in [3.8, 4) is 0 Å². The Kier molecular flexibility index (Phi) is 5.15. The molecule has 0 aliphatic rings. The zero-order chi connectivity index (χ0) is 16.1. The smallest absolute Gasteiger partial charge is 0.328 e. The summed E-state index contributed by atoms with van der Waals surface area (Å²) in [6, 6.07) is 12.7. The molecule has 1 N–H and O–H groups in total. The third-order valence-electron chi connectivity index (χ3n) is 3.97. The van der Waals surface area contributed by atoms with Crippen molar-refractivity contribution < 1.29 is 14.3 Å². The minimum atomic E-state index is -0.631. The van der Waals surface area contributed by atoms with E-state index in [0.717, 1.165) is 17.2 Å². The molecule has 0 saturated heterocycles. The zero-order valence-corrected chi connectivity index (χ0v) is 13.1. The first kappa shape index (κ1) is 16.0. The largest absolute Gasteiger partial charge is 0.467 e. The van der Waals surface area contributed by atoms with Gasteiger partial charge in [0.2, 0.25) is 0 Å². The van der Waals surface area contributed by atoms with Crippen molar-refractivity contribution in [3.63, 3.8) is 0 Å². The molecule has 2 rings (SSSR count). The molecule has 2 aromatic rings.